The minimum Gasteiger partial charge on any atom is -0.340 e. The topological polar surface area (TPSA) is 57.7 Å². The number of fused-ring (bicyclic) bond motifs is 1. The van der Waals surface area contributed by atoms with Gasteiger partial charge in [0, 0.05) is 33.1 Å². The number of nitrogens with zero attached hydrogens (tertiary/aromatic N) is 2. The van der Waals surface area contributed by atoms with E-state index in [0.717, 1.165) is 19.3 Å². The van der Waals surface area contributed by atoms with Crippen LogP contribution in [0.5, 0.6) is 0 Å². The largest absolute Gasteiger partial charge is 0.340 e. The molecule has 1 aliphatic carbocycles. The summed E-state index contributed by atoms with van der Waals surface area (Å²) < 4.78 is 27.0. The van der Waals surface area contributed by atoms with Crippen molar-refractivity contribution in [3.05, 3.63) is 29.3 Å². The smallest absolute Gasteiger partial charge is 0.243 e. The highest BCUT2D eigenvalue weighted by atomic mass is 32.2. The zero-order valence-corrected chi connectivity index (χ0v) is 13.7. The predicted octanol–water partition coefficient (Wildman–Crippen LogP) is 1.42. The molecule has 1 saturated heterocycles. The van der Waals surface area contributed by atoms with Crippen LogP contribution in [0.1, 0.15) is 30.9 Å². The van der Waals surface area contributed by atoms with Crippen LogP contribution in [0.15, 0.2) is 23.1 Å². The fraction of sp³-hybridized carbons (Fsp3) is 0.562. The fourth-order valence-corrected chi connectivity index (χ4v) is 4.74. The van der Waals surface area contributed by atoms with Gasteiger partial charge < -0.3 is 4.90 Å². The minimum atomic E-state index is -3.45. The molecule has 5 nitrogen and oxygen atoms in total. The summed E-state index contributed by atoms with van der Waals surface area (Å²) in [7, 11) is -3.45. The second kappa shape index (κ2) is 6.01. The van der Waals surface area contributed by atoms with E-state index in [2.05, 4.69) is 0 Å². The first-order chi connectivity index (χ1) is 10.5. The van der Waals surface area contributed by atoms with E-state index in [1.807, 2.05) is 12.1 Å². The van der Waals surface area contributed by atoms with Crippen LogP contribution in [-0.2, 0) is 27.7 Å². The number of carbonyl (C=O) groups is 1. The molecule has 0 atom stereocenters. The van der Waals surface area contributed by atoms with Gasteiger partial charge in [-0.3, -0.25) is 4.79 Å². The van der Waals surface area contributed by atoms with Gasteiger partial charge in [-0.2, -0.15) is 4.31 Å². The molecule has 1 heterocycles. The van der Waals surface area contributed by atoms with Gasteiger partial charge in [0.25, 0.3) is 0 Å². The summed E-state index contributed by atoms with van der Waals surface area (Å²) in [4.78, 5) is 13.4. The Labute approximate surface area is 132 Å². The third-order valence-corrected chi connectivity index (χ3v) is 6.54. The summed E-state index contributed by atoms with van der Waals surface area (Å²) >= 11 is 0. The van der Waals surface area contributed by atoms with E-state index >= 15 is 0 Å². The van der Waals surface area contributed by atoms with Gasteiger partial charge in [0.1, 0.15) is 0 Å². The molecular formula is C16H22N2O3S. The number of carbonyl (C=O) groups excluding carboxylic acids is 1. The highest BCUT2D eigenvalue weighted by molar-refractivity contribution is 7.89. The summed E-state index contributed by atoms with van der Waals surface area (Å²) in [6.07, 6.45) is 4.34. The van der Waals surface area contributed by atoms with Gasteiger partial charge in [0.15, 0.2) is 0 Å². The minimum absolute atomic E-state index is 0.00540. The van der Waals surface area contributed by atoms with Crippen molar-refractivity contribution in [2.45, 2.75) is 37.5 Å². The van der Waals surface area contributed by atoms with Gasteiger partial charge in [-0.15, -0.1) is 0 Å². The van der Waals surface area contributed by atoms with E-state index in [0.29, 0.717) is 31.1 Å². The molecule has 1 aromatic rings. The van der Waals surface area contributed by atoms with Crippen molar-refractivity contribution in [3.63, 3.8) is 0 Å². The third kappa shape index (κ3) is 2.90. The van der Waals surface area contributed by atoms with E-state index in [9.17, 15) is 13.2 Å². The van der Waals surface area contributed by atoms with Gasteiger partial charge in [0.05, 0.1) is 4.90 Å². The average molecular weight is 322 g/mol. The Balaban J connectivity index is 1.80. The Morgan fingerprint density at radius 3 is 2.27 bits per heavy atom. The monoisotopic (exact) mass is 322 g/mol. The number of sulfonamides is 1. The van der Waals surface area contributed by atoms with Crippen LogP contribution in [0.25, 0.3) is 0 Å². The number of aryl methyl sites for hydroxylation is 2. The first-order valence-corrected chi connectivity index (χ1v) is 9.30. The molecule has 1 aliphatic heterocycles. The summed E-state index contributed by atoms with van der Waals surface area (Å²) in [6, 6.07) is 5.55. The van der Waals surface area contributed by atoms with E-state index < -0.39 is 10.0 Å². The van der Waals surface area contributed by atoms with Crippen molar-refractivity contribution in [1.82, 2.24) is 9.21 Å². The van der Waals surface area contributed by atoms with Crippen molar-refractivity contribution < 1.29 is 13.2 Å². The molecule has 0 spiro atoms. The molecule has 22 heavy (non-hydrogen) atoms. The van der Waals surface area contributed by atoms with Crippen molar-refractivity contribution in [2.75, 3.05) is 26.2 Å². The molecule has 120 valence electrons. The number of hydrogen-bond acceptors (Lipinski definition) is 3. The van der Waals surface area contributed by atoms with Crippen LogP contribution in [0.3, 0.4) is 0 Å². The molecule has 1 fully saturated rings. The molecule has 2 aliphatic rings. The van der Waals surface area contributed by atoms with Gasteiger partial charge in [-0.25, -0.2) is 8.42 Å². The fourth-order valence-electron chi connectivity index (χ4n) is 3.26. The number of amides is 1. The number of piperazine rings is 1. The molecule has 0 unspecified atom stereocenters. The number of hydrogen-bond donors (Lipinski definition) is 0. The van der Waals surface area contributed by atoms with Crippen LogP contribution >= 0.6 is 0 Å². The molecule has 0 bridgehead atoms. The van der Waals surface area contributed by atoms with Gasteiger partial charge in [-0.05, 0) is 48.9 Å². The molecule has 0 radical (unpaired) electrons. The molecule has 0 aromatic heterocycles. The molecule has 0 N–H and O–H groups in total. The second-order valence-corrected chi connectivity index (χ2v) is 7.99. The van der Waals surface area contributed by atoms with Gasteiger partial charge in [-0.1, -0.05) is 6.07 Å². The molecule has 3 rings (SSSR count). The first-order valence-electron chi connectivity index (χ1n) is 7.86. The van der Waals surface area contributed by atoms with Crippen molar-refractivity contribution in [3.8, 4) is 0 Å². The van der Waals surface area contributed by atoms with Crippen LogP contribution in [-0.4, -0.2) is 49.7 Å². The number of benzene rings is 1. The van der Waals surface area contributed by atoms with Crippen LogP contribution in [0.2, 0.25) is 0 Å². The summed E-state index contributed by atoms with van der Waals surface area (Å²) in [5.74, 6) is 0.00540. The Bertz CT molecular complexity index is 677. The van der Waals surface area contributed by atoms with E-state index in [1.54, 1.807) is 11.0 Å². The first kappa shape index (κ1) is 15.5. The Kier molecular flexibility index (Phi) is 4.23. The second-order valence-electron chi connectivity index (χ2n) is 6.05. The van der Waals surface area contributed by atoms with Crippen molar-refractivity contribution in [2.24, 2.45) is 0 Å². The predicted molar refractivity (Wildman–Crippen MR) is 84.1 cm³/mol. The lowest BCUT2D eigenvalue weighted by atomic mass is 9.92. The Hall–Kier alpha value is -1.40. The molecule has 1 amide bonds. The van der Waals surface area contributed by atoms with Crippen LogP contribution < -0.4 is 0 Å². The lowest BCUT2D eigenvalue weighted by Gasteiger charge is -2.33. The molecule has 1 aromatic carbocycles. The Morgan fingerprint density at radius 2 is 1.64 bits per heavy atom. The van der Waals surface area contributed by atoms with E-state index in [4.69, 9.17) is 0 Å². The SMILES string of the molecule is CC(=O)N1CCN(S(=O)(=O)c2ccc3c(c2)CCCC3)CC1. The quantitative estimate of drug-likeness (QED) is 0.827. The van der Waals surface area contributed by atoms with Gasteiger partial charge >= 0.3 is 0 Å². The van der Waals surface area contributed by atoms with Crippen LogP contribution in [0.4, 0.5) is 0 Å². The van der Waals surface area contributed by atoms with E-state index in [1.165, 1.54) is 28.8 Å². The van der Waals surface area contributed by atoms with Crippen molar-refractivity contribution >= 4 is 15.9 Å². The summed E-state index contributed by atoms with van der Waals surface area (Å²) in [6.45, 7) is 3.21. The van der Waals surface area contributed by atoms with Crippen molar-refractivity contribution in [1.29, 1.82) is 0 Å². The Morgan fingerprint density at radius 1 is 1.00 bits per heavy atom. The normalized spacial score (nSPS) is 19.8. The molecular weight excluding hydrogens is 300 g/mol. The maximum absolute atomic E-state index is 12.8. The lowest BCUT2D eigenvalue weighted by Crippen LogP contribution is -2.49. The highest BCUT2D eigenvalue weighted by Crippen LogP contribution is 2.26. The van der Waals surface area contributed by atoms with E-state index in [-0.39, 0.29) is 5.91 Å². The maximum atomic E-state index is 12.8. The molecule has 0 saturated carbocycles. The van der Waals surface area contributed by atoms with Gasteiger partial charge in [0.2, 0.25) is 15.9 Å². The third-order valence-electron chi connectivity index (χ3n) is 4.64. The highest BCUT2D eigenvalue weighted by Gasteiger charge is 2.29. The summed E-state index contributed by atoms with van der Waals surface area (Å²) in [5.41, 5.74) is 2.46. The zero-order chi connectivity index (χ0) is 15.7. The molecule has 6 heteroatoms. The van der Waals surface area contributed by atoms with Crippen LogP contribution in [0, 0.1) is 0 Å². The average Bonchev–Trinajstić information content (AvgIpc) is 2.54. The maximum Gasteiger partial charge on any atom is 0.243 e. The standard InChI is InChI=1S/C16H22N2O3S/c1-13(19)17-8-10-18(11-9-17)22(20,21)16-7-6-14-4-2-3-5-15(14)12-16/h6-7,12H,2-5,8-11H2,1H3. The zero-order valence-electron chi connectivity index (χ0n) is 12.9. The lowest BCUT2D eigenvalue weighted by molar-refractivity contribution is -0.129. The number of rotatable bonds is 2. The summed E-state index contributed by atoms with van der Waals surface area (Å²) in [5, 5.41) is 0.